The maximum Gasteiger partial charge on any atom is 0.336 e. The van der Waals surface area contributed by atoms with Crippen molar-refractivity contribution >= 4 is 11.8 Å². The summed E-state index contributed by atoms with van der Waals surface area (Å²) < 4.78 is 28.8. The van der Waals surface area contributed by atoms with Crippen molar-refractivity contribution in [3.05, 3.63) is 65.0 Å². The van der Waals surface area contributed by atoms with Gasteiger partial charge in [-0.05, 0) is 72.8 Å². The maximum atomic E-state index is 14.6. The summed E-state index contributed by atoms with van der Waals surface area (Å²) in [5.74, 6) is -1.39. The summed E-state index contributed by atoms with van der Waals surface area (Å²) >= 11 is 0. The van der Waals surface area contributed by atoms with Gasteiger partial charge in [-0.1, -0.05) is 63.4 Å². The Morgan fingerprint density at radius 2 is 1.66 bits per heavy atom. The first-order chi connectivity index (χ1) is 15.4. The Morgan fingerprint density at radius 3 is 2.25 bits per heavy atom. The molecule has 0 saturated heterocycles. The van der Waals surface area contributed by atoms with E-state index in [1.807, 2.05) is 19.1 Å². The Morgan fingerprint density at radius 1 is 0.969 bits per heavy atom. The summed E-state index contributed by atoms with van der Waals surface area (Å²) in [6.45, 7) is 4.16. The van der Waals surface area contributed by atoms with E-state index in [0.29, 0.717) is 23.5 Å². The molecule has 2 aromatic carbocycles. The van der Waals surface area contributed by atoms with Gasteiger partial charge in [0.15, 0.2) is 5.83 Å². The number of carbonyl (C=O) groups is 1. The highest BCUT2D eigenvalue weighted by Gasteiger charge is 2.22. The maximum absolute atomic E-state index is 14.6. The fourth-order valence-electron chi connectivity index (χ4n) is 4.83. The van der Waals surface area contributed by atoms with Crippen LogP contribution in [0.25, 0.3) is 17.0 Å². The number of carboxylic acids is 1. The van der Waals surface area contributed by atoms with E-state index in [-0.39, 0.29) is 17.5 Å². The number of rotatable bonds is 9. The zero-order valence-corrected chi connectivity index (χ0v) is 19.2. The molecule has 4 heteroatoms. The molecule has 172 valence electrons. The first kappa shape index (κ1) is 24.2. The average Bonchev–Trinajstić information content (AvgIpc) is 2.82. The first-order valence-electron chi connectivity index (χ1n) is 12.0. The van der Waals surface area contributed by atoms with Crippen LogP contribution in [0.1, 0.15) is 99.0 Å². The molecule has 0 aromatic heterocycles. The molecule has 0 amide bonds. The zero-order chi connectivity index (χ0) is 23.1. The second-order valence-corrected chi connectivity index (χ2v) is 9.02. The molecule has 0 atom stereocenters. The minimum Gasteiger partial charge on any atom is -0.478 e. The Kier molecular flexibility index (Phi) is 8.60. The van der Waals surface area contributed by atoms with Crippen LogP contribution in [-0.4, -0.2) is 11.1 Å². The van der Waals surface area contributed by atoms with Gasteiger partial charge in [0.2, 0.25) is 0 Å². The zero-order valence-electron chi connectivity index (χ0n) is 19.2. The van der Waals surface area contributed by atoms with Gasteiger partial charge >= 0.3 is 5.97 Å². The largest absolute Gasteiger partial charge is 0.478 e. The summed E-state index contributed by atoms with van der Waals surface area (Å²) in [5.41, 5.74) is 2.55. The molecule has 1 saturated carbocycles. The first-order valence-corrected chi connectivity index (χ1v) is 12.0. The number of carboxylic acid groups (broad SMARTS) is 1. The predicted molar refractivity (Wildman–Crippen MR) is 127 cm³/mol. The molecule has 1 fully saturated rings. The molecule has 2 nitrogen and oxygen atoms in total. The Hall–Kier alpha value is -2.49. The van der Waals surface area contributed by atoms with Crippen molar-refractivity contribution in [1.29, 1.82) is 0 Å². The van der Waals surface area contributed by atoms with Crippen LogP contribution in [0.3, 0.4) is 0 Å². The van der Waals surface area contributed by atoms with Gasteiger partial charge in [0, 0.05) is 12.0 Å². The molecule has 1 N–H and O–H groups in total. The van der Waals surface area contributed by atoms with Crippen molar-refractivity contribution in [3.63, 3.8) is 0 Å². The van der Waals surface area contributed by atoms with Gasteiger partial charge < -0.3 is 5.11 Å². The quantitative estimate of drug-likeness (QED) is 0.422. The minimum absolute atomic E-state index is 0.0492. The minimum atomic E-state index is -1.08. The fourth-order valence-corrected chi connectivity index (χ4v) is 4.83. The number of hydrogen-bond acceptors (Lipinski definition) is 1. The standard InChI is InChI=1S/C28H34F2O2/c1-3-5-7-26(29)27(30)23-16-17-24(28(31)32)25(18-23)22-14-12-21(13-15-22)20-10-8-19(6-4-2)9-11-20/h12-20H,3-11H2,1-2H3,(H,31,32). The lowest BCUT2D eigenvalue weighted by atomic mass is 9.77. The molecule has 0 aliphatic heterocycles. The van der Waals surface area contributed by atoms with E-state index in [0.717, 1.165) is 12.3 Å². The van der Waals surface area contributed by atoms with Crippen LogP contribution in [0.5, 0.6) is 0 Å². The Labute approximate surface area is 190 Å². The van der Waals surface area contributed by atoms with Crippen molar-refractivity contribution in [3.8, 4) is 11.1 Å². The molecule has 0 heterocycles. The smallest absolute Gasteiger partial charge is 0.336 e. The van der Waals surface area contributed by atoms with Crippen molar-refractivity contribution in [1.82, 2.24) is 0 Å². The summed E-state index contributed by atoms with van der Waals surface area (Å²) in [5, 5.41) is 9.63. The van der Waals surface area contributed by atoms with E-state index in [1.165, 1.54) is 62.3 Å². The van der Waals surface area contributed by atoms with E-state index in [9.17, 15) is 18.7 Å². The average molecular weight is 441 g/mol. The summed E-state index contributed by atoms with van der Waals surface area (Å²) in [4.78, 5) is 11.8. The van der Waals surface area contributed by atoms with Gasteiger partial charge in [-0.3, -0.25) is 0 Å². The highest BCUT2D eigenvalue weighted by Crippen LogP contribution is 2.38. The topological polar surface area (TPSA) is 37.3 Å². The molecule has 0 bridgehead atoms. The SMILES string of the molecule is CCCCC(F)=C(F)c1ccc(C(=O)O)c(-c2ccc(C3CCC(CCC)CC3)cc2)c1. The summed E-state index contributed by atoms with van der Waals surface area (Å²) in [6, 6.07) is 12.1. The van der Waals surface area contributed by atoms with Crippen molar-refractivity contribution in [2.45, 2.75) is 77.6 Å². The van der Waals surface area contributed by atoms with Crippen LogP contribution < -0.4 is 0 Å². The number of aromatic carboxylic acids is 1. The van der Waals surface area contributed by atoms with Gasteiger partial charge in [-0.15, -0.1) is 0 Å². The van der Waals surface area contributed by atoms with E-state index in [4.69, 9.17) is 0 Å². The molecular formula is C28H34F2O2. The third kappa shape index (κ3) is 5.85. The molecule has 1 aliphatic rings. The van der Waals surface area contributed by atoms with Crippen LogP contribution in [0.4, 0.5) is 8.78 Å². The second kappa shape index (κ2) is 11.4. The van der Waals surface area contributed by atoms with Crippen molar-refractivity contribution < 1.29 is 18.7 Å². The number of halogens is 2. The lowest BCUT2D eigenvalue weighted by Gasteiger charge is -2.28. The van der Waals surface area contributed by atoms with Gasteiger partial charge in [-0.2, -0.15) is 0 Å². The van der Waals surface area contributed by atoms with E-state index in [2.05, 4.69) is 19.1 Å². The van der Waals surface area contributed by atoms with Gasteiger partial charge in [0.05, 0.1) is 5.56 Å². The number of benzene rings is 2. The normalized spacial score (nSPS) is 19.5. The lowest BCUT2D eigenvalue weighted by molar-refractivity contribution is 0.0697. The molecular weight excluding hydrogens is 406 g/mol. The van der Waals surface area contributed by atoms with Gasteiger partial charge in [0.1, 0.15) is 5.83 Å². The molecule has 32 heavy (non-hydrogen) atoms. The fraction of sp³-hybridized carbons (Fsp3) is 0.464. The third-order valence-corrected chi connectivity index (χ3v) is 6.73. The van der Waals surface area contributed by atoms with Crippen LogP contribution in [-0.2, 0) is 0 Å². The molecule has 0 radical (unpaired) electrons. The number of allylic oxidation sites excluding steroid dienone is 1. The van der Waals surface area contributed by atoms with Gasteiger partial charge in [0.25, 0.3) is 0 Å². The van der Waals surface area contributed by atoms with Crippen molar-refractivity contribution in [2.75, 3.05) is 0 Å². The lowest BCUT2D eigenvalue weighted by Crippen LogP contribution is -2.13. The van der Waals surface area contributed by atoms with Crippen molar-refractivity contribution in [2.24, 2.45) is 5.92 Å². The van der Waals surface area contributed by atoms with Crippen LogP contribution in [0, 0.1) is 5.92 Å². The van der Waals surface area contributed by atoms with Gasteiger partial charge in [-0.25, -0.2) is 13.6 Å². The molecule has 0 unspecified atom stereocenters. The summed E-state index contributed by atoms with van der Waals surface area (Å²) in [6.07, 6.45) is 8.85. The summed E-state index contributed by atoms with van der Waals surface area (Å²) in [7, 11) is 0. The highest BCUT2D eigenvalue weighted by atomic mass is 19.2. The number of hydrogen-bond donors (Lipinski definition) is 1. The van der Waals surface area contributed by atoms with E-state index in [1.54, 1.807) is 0 Å². The number of unbranched alkanes of at least 4 members (excludes halogenated alkanes) is 1. The predicted octanol–water partition coefficient (Wildman–Crippen LogP) is 8.92. The van der Waals surface area contributed by atoms with Crippen LogP contribution in [0.15, 0.2) is 48.3 Å². The monoisotopic (exact) mass is 440 g/mol. The van der Waals surface area contributed by atoms with E-state index >= 15 is 0 Å². The second-order valence-electron chi connectivity index (χ2n) is 9.02. The molecule has 2 aromatic rings. The highest BCUT2D eigenvalue weighted by molar-refractivity contribution is 5.96. The van der Waals surface area contributed by atoms with Crippen LogP contribution in [0.2, 0.25) is 0 Å². The third-order valence-electron chi connectivity index (χ3n) is 6.73. The Bertz CT molecular complexity index is 938. The van der Waals surface area contributed by atoms with E-state index < -0.39 is 17.6 Å². The molecule has 0 spiro atoms. The molecule has 1 aliphatic carbocycles. The van der Waals surface area contributed by atoms with Crippen LogP contribution >= 0.6 is 0 Å². The molecule has 3 rings (SSSR count). The Balaban J connectivity index is 1.85.